The molecule has 0 bridgehead atoms. The van der Waals surface area contributed by atoms with E-state index in [2.05, 4.69) is 5.32 Å². The molecule has 6 heteroatoms. The van der Waals surface area contributed by atoms with Crippen molar-refractivity contribution < 1.29 is 13.9 Å². The Morgan fingerprint density at radius 2 is 2.24 bits per heavy atom. The van der Waals surface area contributed by atoms with Crippen LogP contribution in [0.1, 0.15) is 12.8 Å². The minimum Gasteiger partial charge on any atom is -0.494 e. The van der Waals surface area contributed by atoms with E-state index in [9.17, 15) is 9.18 Å². The number of anilines is 1. The third-order valence-corrected chi connectivity index (χ3v) is 2.04. The average molecular weight is 263 g/mol. The van der Waals surface area contributed by atoms with Crippen molar-refractivity contribution in [2.24, 2.45) is 5.73 Å². The van der Waals surface area contributed by atoms with Crippen LogP contribution in [-0.4, -0.2) is 19.6 Å². The summed E-state index contributed by atoms with van der Waals surface area (Å²) in [6.45, 7) is 0.463. The van der Waals surface area contributed by atoms with E-state index in [-0.39, 0.29) is 24.1 Å². The standard InChI is InChI=1S/C11H15FN2O2.ClH/c1-16-10-5-4-8(7-9(10)12)14-11(15)3-2-6-13;/h4-5,7H,2-3,6,13H2,1H3,(H,14,15);1H. The number of hydrogen-bond donors (Lipinski definition) is 2. The molecule has 0 saturated carbocycles. The lowest BCUT2D eigenvalue weighted by Crippen LogP contribution is -2.13. The van der Waals surface area contributed by atoms with Gasteiger partial charge in [-0.05, 0) is 25.1 Å². The minimum absolute atomic E-state index is 0. The second-order valence-electron chi connectivity index (χ2n) is 3.29. The smallest absolute Gasteiger partial charge is 0.224 e. The van der Waals surface area contributed by atoms with E-state index in [1.165, 1.54) is 19.2 Å². The number of hydrogen-bond acceptors (Lipinski definition) is 3. The zero-order valence-electron chi connectivity index (χ0n) is 9.53. The van der Waals surface area contributed by atoms with Crippen molar-refractivity contribution in [3.05, 3.63) is 24.0 Å². The van der Waals surface area contributed by atoms with Crippen LogP contribution in [0.2, 0.25) is 0 Å². The minimum atomic E-state index is -0.501. The fourth-order valence-corrected chi connectivity index (χ4v) is 1.23. The average Bonchev–Trinajstić information content (AvgIpc) is 2.26. The SMILES string of the molecule is COc1ccc(NC(=O)CCCN)cc1F.Cl. The van der Waals surface area contributed by atoms with Crippen molar-refractivity contribution >= 4 is 24.0 Å². The molecule has 0 aromatic heterocycles. The van der Waals surface area contributed by atoms with E-state index < -0.39 is 5.82 Å². The maximum atomic E-state index is 13.3. The molecule has 1 aromatic carbocycles. The summed E-state index contributed by atoms with van der Waals surface area (Å²) in [4.78, 5) is 11.3. The summed E-state index contributed by atoms with van der Waals surface area (Å²) in [6, 6.07) is 4.27. The molecule has 0 fully saturated rings. The van der Waals surface area contributed by atoms with Crippen molar-refractivity contribution in [2.45, 2.75) is 12.8 Å². The van der Waals surface area contributed by atoms with Crippen molar-refractivity contribution in [3.63, 3.8) is 0 Å². The highest BCUT2D eigenvalue weighted by Crippen LogP contribution is 2.20. The maximum Gasteiger partial charge on any atom is 0.224 e. The van der Waals surface area contributed by atoms with Gasteiger partial charge in [-0.1, -0.05) is 0 Å². The molecule has 0 radical (unpaired) electrons. The molecule has 3 N–H and O–H groups in total. The molecule has 0 unspecified atom stereocenters. The summed E-state index contributed by atoms with van der Waals surface area (Å²) < 4.78 is 18.0. The maximum absolute atomic E-state index is 13.3. The normalized spacial score (nSPS) is 9.35. The first-order valence-corrected chi connectivity index (χ1v) is 5.01. The van der Waals surface area contributed by atoms with Crippen LogP contribution in [0.25, 0.3) is 0 Å². The predicted octanol–water partition coefficient (Wildman–Crippen LogP) is 1.93. The molecule has 1 aromatic rings. The van der Waals surface area contributed by atoms with Gasteiger partial charge in [-0.25, -0.2) is 4.39 Å². The zero-order valence-corrected chi connectivity index (χ0v) is 10.3. The molecule has 0 spiro atoms. The first-order valence-electron chi connectivity index (χ1n) is 5.01. The number of ether oxygens (including phenoxy) is 1. The van der Waals surface area contributed by atoms with Crippen LogP contribution in [0, 0.1) is 5.82 Å². The summed E-state index contributed by atoms with van der Waals surface area (Å²) >= 11 is 0. The third kappa shape index (κ3) is 5.01. The molecule has 0 aliphatic heterocycles. The highest BCUT2D eigenvalue weighted by atomic mass is 35.5. The fraction of sp³-hybridized carbons (Fsp3) is 0.364. The molecule has 0 aliphatic rings. The van der Waals surface area contributed by atoms with Gasteiger partial charge in [0.2, 0.25) is 5.91 Å². The van der Waals surface area contributed by atoms with Gasteiger partial charge in [0.1, 0.15) is 0 Å². The summed E-state index contributed by atoms with van der Waals surface area (Å²) in [5.74, 6) is -0.519. The number of carbonyl (C=O) groups is 1. The van der Waals surface area contributed by atoms with Gasteiger partial charge < -0.3 is 15.8 Å². The first-order chi connectivity index (χ1) is 7.67. The lowest BCUT2D eigenvalue weighted by atomic mass is 10.2. The van der Waals surface area contributed by atoms with Gasteiger partial charge in [0.15, 0.2) is 11.6 Å². The number of carbonyl (C=O) groups excluding carboxylic acids is 1. The van der Waals surface area contributed by atoms with Crippen molar-refractivity contribution in [1.29, 1.82) is 0 Å². The summed E-state index contributed by atoms with van der Waals surface area (Å²) in [6.07, 6.45) is 0.953. The van der Waals surface area contributed by atoms with E-state index in [4.69, 9.17) is 10.5 Å². The Labute approximate surface area is 106 Å². The number of halogens is 2. The topological polar surface area (TPSA) is 64.3 Å². The van der Waals surface area contributed by atoms with Gasteiger partial charge in [-0.3, -0.25) is 4.79 Å². The Balaban J connectivity index is 0.00000256. The molecule has 0 atom stereocenters. The molecular weight excluding hydrogens is 247 g/mol. The predicted molar refractivity (Wildman–Crippen MR) is 67.1 cm³/mol. The van der Waals surface area contributed by atoms with E-state index >= 15 is 0 Å². The highest BCUT2D eigenvalue weighted by molar-refractivity contribution is 5.90. The highest BCUT2D eigenvalue weighted by Gasteiger charge is 2.06. The third-order valence-electron chi connectivity index (χ3n) is 2.04. The van der Waals surface area contributed by atoms with Crippen LogP contribution in [0.5, 0.6) is 5.75 Å². The van der Waals surface area contributed by atoms with Crippen molar-refractivity contribution in [1.82, 2.24) is 0 Å². The molecule has 4 nitrogen and oxygen atoms in total. The monoisotopic (exact) mass is 262 g/mol. The van der Waals surface area contributed by atoms with E-state index in [1.54, 1.807) is 6.07 Å². The van der Waals surface area contributed by atoms with E-state index in [0.717, 1.165) is 0 Å². The second kappa shape index (κ2) is 7.86. The largest absolute Gasteiger partial charge is 0.494 e. The van der Waals surface area contributed by atoms with Crippen LogP contribution in [0.4, 0.5) is 10.1 Å². The van der Waals surface area contributed by atoms with Gasteiger partial charge in [0, 0.05) is 18.2 Å². The zero-order chi connectivity index (χ0) is 12.0. The Hall–Kier alpha value is -1.33. The summed E-state index contributed by atoms with van der Waals surface area (Å²) in [5.41, 5.74) is 5.69. The molecule has 0 aliphatic carbocycles. The van der Waals surface area contributed by atoms with Crippen LogP contribution in [0.15, 0.2) is 18.2 Å². The van der Waals surface area contributed by atoms with Crippen LogP contribution >= 0.6 is 12.4 Å². The fourth-order valence-electron chi connectivity index (χ4n) is 1.23. The Morgan fingerprint density at radius 1 is 1.53 bits per heavy atom. The molecule has 0 heterocycles. The van der Waals surface area contributed by atoms with Crippen LogP contribution < -0.4 is 15.8 Å². The quantitative estimate of drug-likeness (QED) is 0.852. The molecule has 1 rings (SSSR count). The Kier molecular flexibility index (Phi) is 7.25. The summed E-state index contributed by atoms with van der Waals surface area (Å²) in [7, 11) is 1.39. The number of rotatable bonds is 5. The number of nitrogens with two attached hydrogens (primary N) is 1. The number of nitrogens with one attached hydrogen (secondary N) is 1. The second-order valence-corrected chi connectivity index (χ2v) is 3.29. The van der Waals surface area contributed by atoms with Crippen molar-refractivity contribution in [3.8, 4) is 5.75 Å². The number of methoxy groups -OCH3 is 1. The molecule has 0 saturated heterocycles. The Morgan fingerprint density at radius 3 is 2.76 bits per heavy atom. The van der Waals surface area contributed by atoms with Crippen LogP contribution in [-0.2, 0) is 4.79 Å². The molecular formula is C11H16ClFN2O2. The number of benzene rings is 1. The summed E-state index contributed by atoms with van der Waals surface area (Å²) in [5, 5.41) is 2.58. The van der Waals surface area contributed by atoms with Gasteiger partial charge in [-0.2, -0.15) is 0 Å². The molecule has 1 amide bonds. The molecule has 17 heavy (non-hydrogen) atoms. The lowest BCUT2D eigenvalue weighted by molar-refractivity contribution is -0.116. The van der Waals surface area contributed by atoms with Gasteiger partial charge in [0.05, 0.1) is 7.11 Å². The van der Waals surface area contributed by atoms with E-state index in [0.29, 0.717) is 25.1 Å². The van der Waals surface area contributed by atoms with Gasteiger partial charge in [0.25, 0.3) is 0 Å². The van der Waals surface area contributed by atoms with E-state index in [1.807, 2.05) is 0 Å². The lowest BCUT2D eigenvalue weighted by Gasteiger charge is -2.06. The Bertz CT molecular complexity index is 374. The number of amides is 1. The van der Waals surface area contributed by atoms with Crippen LogP contribution in [0.3, 0.4) is 0 Å². The first kappa shape index (κ1) is 15.7. The van der Waals surface area contributed by atoms with Gasteiger partial charge in [-0.15, -0.1) is 12.4 Å². The van der Waals surface area contributed by atoms with Gasteiger partial charge >= 0.3 is 0 Å². The van der Waals surface area contributed by atoms with Crippen molar-refractivity contribution in [2.75, 3.05) is 19.0 Å². The molecule has 96 valence electrons.